The molecule has 3 heterocycles. The number of allylic oxidation sites excluding steroid dienone is 4. The van der Waals surface area contributed by atoms with E-state index in [-0.39, 0.29) is 82.9 Å². The first kappa shape index (κ1) is 30.2. The Morgan fingerprint density at radius 3 is 2.37 bits per heavy atom. The van der Waals surface area contributed by atoms with Crippen LogP contribution in [0.3, 0.4) is 0 Å². The predicted octanol–water partition coefficient (Wildman–Crippen LogP) is 6.45. The maximum atomic E-state index is 12.7. The van der Waals surface area contributed by atoms with Gasteiger partial charge in [0.2, 0.25) is 5.91 Å². The highest BCUT2D eigenvalue weighted by Crippen LogP contribution is 2.54. The molecule has 3 saturated heterocycles. The molecule has 43 heavy (non-hydrogen) atoms. The van der Waals surface area contributed by atoms with Crippen LogP contribution in [0.5, 0.6) is 11.5 Å². The van der Waals surface area contributed by atoms with E-state index in [0.717, 1.165) is 44.1 Å². The fraction of sp³-hybridized carbons (Fsp3) is 0.657. The van der Waals surface area contributed by atoms with Gasteiger partial charge < -0.3 is 30.1 Å². The zero-order valence-corrected chi connectivity index (χ0v) is 25.8. The largest absolute Gasteiger partial charge is 0.510 e. The van der Waals surface area contributed by atoms with E-state index in [1.54, 1.807) is 12.1 Å². The van der Waals surface area contributed by atoms with Crippen molar-refractivity contribution in [3.8, 4) is 11.5 Å². The molecule has 1 spiro atoms. The summed E-state index contributed by atoms with van der Waals surface area (Å²) in [5.74, 6) is -0.0774. The standard InChI is InChI=1S/C35H47NO7/c1-18-5-7-22-8-9-23(31(30(22)21(18)4)33(41)32-28(39)17-29(40)36-32)15-27-10-6-20(3)35(42-27)12-11-19(2)34(43-35)24-13-25(37)16-26(38)14-24/h8-9,13-14,16,18-23,27,30-31,34,37-38,41H,5-7,10-12,15,17H2,1-4H3,(H,36,40)/b33-32+/t18-,19-,20-,21+,22+,23+,27-,30+,31+,34-,35+/m1/s1. The van der Waals surface area contributed by atoms with Gasteiger partial charge in [-0.15, -0.1) is 0 Å². The smallest absolute Gasteiger partial charge is 0.232 e. The van der Waals surface area contributed by atoms with E-state index in [9.17, 15) is 24.9 Å². The number of carbonyl (C=O) groups excluding carboxylic acids is 2. The molecule has 0 aromatic heterocycles. The highest BCUT2D eigenvalue weighted by atomic mass is 16.7. The minimum atomic E-state index is -0.792. The van der Waals surface area contributed by atoms with E-state index in [1.807, 2.05) is 0 Å². The number of hydrogen-bond donors (Lipinski definition) is 4. The molecular weight excluding hydrogens is 546 g/mol. The predicted molar refractivity (Wildman–Crippen MR) is 161 cm³/mol. The lowest BCUT2D eigenvalue weighted by Crippen LogP contribution is -2.53. The number of amides is 1. The number of aliphatic hydroxyl groups excluding tert-OH is 1. The van der Waals surface area contributed by atoms with E-state index in [0.29, 0.717) is 24.2 Å². The van der Waals surface area contributed by atoms with Crippen molar-refractivity contribution in [2.45, 2.75) is 97.1 Å². The van der Waals surface area contributed by atoms with Crippen LogP contribution in [0, 0.1) is 47.3 Å². The van der Waals surface area contributed by atoms with Gasteiger partial charge in [-0.2, -0.15) is 0 Å². The van der Waals surface area contributed by atoms with Gasteiger partial charge in [-0.25, -0.2) is 0 Å². The second kappa shape index (κ2) is 11.6. The Balaban J connectivity index is 1.28. The van der Waals surface area contributed by atoms with Crippen LogP contribution in [-0.4, -0.2) is 38.9 Å². The molecule has 4 fully saturated rings. The lowest BCUT2D eigenvalue weighted by molar-refractivity contribution is -0.348. The van der Waals surface area contributed by atoms with E-state index in [1.165, 1.54) is 6.07 Å². The number of phenols is 2. The van der Waals surface area contributed by atoms with E-state index < -0.39 is 5.79 Å². The molecule has 8 heteroatoms. The van der Waals surface area contributed by atoms with Crippen LogP contribution in [-0.2, 0) is 19.1 Å². The summed E-state index contributed by atoms with van der Waals surface area (Å²) in [6.45, 7) is 8.84. The maximum Gasteiger partial charge on any atom is 0.232 e. The van der Waals surface area contributed by atoms with Gasteiger partial charge in [-0.1, -0.05) is 39.8 Å². The van der Waals surface area contributed by atoms with Crippen LogP contribution < -0.4 is 5.32 Å². The van der Waals surface area contributed by atoms with Crippen LogP contribution >= 0.6 is 0 Å². The number of nitrogens with one attached hydrogen (secondary N) is 1. The van der Waals surface area contributed by atoms with Crippen molar-refractivity contribution in [3.63, 3.8) is 0 Å². The molecule has 4 N–H and O–H groups in total. The molecule has 1 saturated carbocycles. The highest BCUT2D eigenvalue weighted by Gasteiger charge is 2.52. The minimum Gasteiger partial charge on any atom is -0.510 e. The molecule has 8 nitrogen and oxygen atoms in total. The Bertz CT molecular complexity index is 1300. The number of aromatic hydroxyl groups is 2. The van der Waals surface area contributed by atoms with E-state index >= 15 is 0 Å². The van der Waals surface area contributed by atoms with Crippen molar-refractivity contribution in [2.24, 2.45) is 47.3 Å². The summed E-state index contributed by atoms with van der Waals surface area (Å²) in [7, 11) is 0. The number of rotatable bonds is 4. The first-order valence-corrected chi connectivity index (χ1v) is 16.3. The summed E-state index contributed by atoms with van der Waals surface area (Å²) >= 11 is 0. The highest BCUT2D eigenvalue weighted by molar-refractivity contribution is 6.14. The Hall–Kier alpha value is -2.84. The normalized spacial score (nSPS) is 42.5. The Morgan fingerprint density at radius 2 is 1.67 bits per heavy atom. The van der Waals surface area contributed by atoms with Crippen molar-refractivity contribution < 1.29 is 34.4 Å². The SMILES string of the molecule is C[C@@H]1[C@@H]2[C@@H](/C(O)=C3\NC(=O)CC3=O)[C@H](C[C@H]3CC[C@@H](C)[C@@]4(CC[C@@H](C)[C@H](c5cc(O)cc(O)c5)O4)O3)C=C[C@@H]2CC[C@H]1C. The third kappa shape index (κ3) is 5.61. The lowest BCUT2D eigenvalue weighted by atomic mass is 9.57. The average Bonchev–Trinajstić information content (AvgIpc) is 3.30. The van der Waals surface area contributed by atoms with Gasteiger partial charge >= 0.3 is 0 Å². The number of ketones is 1. The molecule has 0 unspecified atom stereocenters. The number of fused-ring (bicyclic) bond motifs is 1. The van der Waals surface area contributed by atoms with Crippen molar-refractivity contribution in [1.29, 1.82) is 0 Å². The Kier molecular flexibility index (Phi) is 8.14. The summed E-state index contributed by atoms with van der Waals surface area (Å²) in [6.07, 6.45) is 10.2. The molecular formula is C35H47NO7. The zero-order valence-electron chi connectivity index (χ0n) is 25.8. The molecule has 5 aliphatic rings. The number of hydrogen-bond acceptors (Lipinski definition) is 7. The molecule has 1 amide bonds. The quantitative estimate of drug-likeness (QED) is 0.137. The van der Waals surface area contributed by atoms with Crippen LogP contribution in [0.1, 0.15) is 90.7 Å². The van der Waals surface area contributed by atoms with Crippen LogP contribution in [0.4, 0.5) is 0 Å². The zero-order chi connectivity index (χ0) is 30.6. The third-order valence-corrected chi connectivity index (χ3v) is 11.5. The van der Waals surface area contributed by atoms with Gasteiger partial charge in [0.25, 0.3) is 0 Å². The monoisotopic (exact) mass is 593 g/mol. The number of Topliss-reactive ketones (excluding diaryl/α,β-unsaturated/α-hetero) is 1. The second-order valence-electron chi connectivity index (χ2n) is 14.2. The maximum absolute atomic E-state index is 12.7. The molecule has 11 atom stereocenters. The number of phenolic OH excluding ortho intramolecular Hbond substituents is 2. The average molecular weight is 594 g/mol. The summed E-state index contributed by atoms with van der Waals surface area (Å²) in [6, 6.07) is 4.64. The number of carbonyl (C=O) groups is 2. The van der Waals surface area contributed by atoms with Crippen molar-refractivity contribution >= 4 is 11.7 Å². The Morgan fingerprint density at radius 1 is 0.930 bits per heavy atom. The van der Waals surface area contributed by atoms with Crippen LogP contribution in [0.15, 0.2) is 41.8 Å². The summed E-state index contributed by atoms with van der Waals surface area (Å²) < 4.78 is 13.8. The molecule has 6 rings (SSSR count). The number of benzene rings is 1. The van der Waals surface area contributed by atoms with Gasteiger partial charge in [0.15, 0.2) is 11.6 Å². The second-order valence-corrected chi connectivity index (χ2v) is 14.2. The fourth-order valence-electron chi connectivity index (χ4n) is 8.84. The third-order valence-electron chi connectivity index (χ3n) is 11.5. The van der Waals surface area contributed by atoms with Gasteiger partial charge in [0.05, 0.1) is 18.6 Å². The fourth-order valence-corrected chi connectivity index (χ4v) is 8.84. The molecule has 3 aliphatic heterocycles. The molecule has 0 bridgehead atoms. The van der Waals surface area contributed by atoms with Crippen LogP contribution in [0.2, 0.25) is 0 Å². The van der Waals surface area contributed by atoms with Gasteiger partial charge in [0.1, 0.15) is 23.0 Å². The van der Waals surface area contributed by atoms with Gasteiger partial charge in [0, 0.05) is 24.3 Å². The number of aliphatic hydroxyl groups is 1. The minimum absolute atomic E-state index is 0.00598. The van der Waals surface area contributed by atoms with Gasteiger partial charge in [-0.05, 0) is 91.7 Å². The topological polar surface area (TPSA) is 125 Å². The lowest BCUT2D eigenvalue weighted by Gasteiger charge is -2.52. The molecule has 234 valence electrons. The first-order chi connectivity index (χ1) is 20.5. The number of ether oxygens (including phenoxy) is 2. The van der Waals surface area contributed by atoms with Gasteiger partial charge in [-0.3, -0.25) is 9.59 Å². The van der Waals surface area contributed by atoms with Crippen molar-refractivity contribution in [2.75, 3.05) is 0 Å². The van der Waals surface area contributed by atoms with Crippen LogP contribution in [0.25, 0.3) is 0 Å². The molecule has 0 radical (unpaired) electrons. The summed E-state index contributed by atoms with van der Waals surface area (Å²) in [5.41, 5.74) is 0.819. The summed E-state index contributed by atoms with van der Waals surface area (Å²) in [5, 5.41) is 34.7. The summed E-state index contributed by atoms with van der Waals surface area (Å²) in [4.78, 5) is 24.8. The first-order valence-electron chi connectivity index (χ1n) is 16.3. The van der Waals surface area contributed by atoms with E-state index in [2.05, 4.69) is 45.2 Å². The van der Waals surface area contributed by atoms with Crippen molar-refractivity contribution in [1.82, 2.24) is 5.32 Å². The van der Waals surface area contributed by atoms with Crippen molar-refractivity contribution in [3.05, 3.63) is 47.4 Å². The molecule has 2 aliphatic carbocycles. The molecule has 1 aromatic rings. The molecule has 1 aromatic carbocycles. The Labute approximate surface area is 254 Å². The van der Waals surface area contributed by atoms with E-state index in [4.69, 9.17) is 9.47 Å².